The van der Waals surface area contributed by atoms with E-state index in [2.05, 4.69) is 26.3 Å². The molecule has 4 nitrogen and oxygen atoms in total. The molecule has 0 bridgehead atoms. The predicted molar refractivity (Wildman–Crippen MR) is 52.7 cm³/mol. The highest BCUT2D eigenvalue weighted by Gasteiger charge is 2.40. The van der Waals surface area contributed by atoms with Gasteiger partial charge in [-0.15, -0.1) is 0 Å². The molecule has 4 heteroatoms. The normalized spacial score (nSPS) is 42.0. The van der Waals surface area contributed by atoms with E-state index in [1.807, 2.05) is 12.4 Å². The van der Waals surface area contributed by atoms with Gasteiger partial charge in [-0.1, -0.05) is 0 Å². The molecule has 0 saturated carbocycles. The Morgan fingerprint density at radius 1 is 1.15 bits per heavy atom. The van der Waals surface area contributed by atoms with Crippen LogP contribution in [0.4, 0.5) is 0 Å². The first-order valence-corrected chi connectivity index (χ1v) is 4.77. The average molecular weight is 176 g/mol. The van der Waals surface area contributed by atoms with Crippen LogP contribution >= 0.6 is 0 Å². The third-order valence-corrected chi connectivity index (χ3v) is 3.07. The van der Waals surface area contributed by atoms with Crippen LogP contribution in [0, 0.1) is 5.92 Å². The Hall–Kier alpha value is -1.03. The molecule has 1 saturated heterocycles. The highest BCUT2D eigenvalue weighted by Crippen LogP contribution is 2.29. The highest BCUT2D eigenvalue weighted by atomic mass is 15.3. The fourth-order valence-electron chi connectivity index (χ4n) is 2.43. The van der Waals surface area contributed by atoms with Crippen LogP contribution < -0.4 is 0 Å². The molecule has 3 heterocycles. The van der Waals surface area contributed by atoms with Crippen molar-refractivity contribution in [2.24, 2.45) is 21.1 Å². The van der Waals surface area contributed by atoms with Gasteiger partial charge in [-0.25, -0.2) is 0 Å². The fourth-order valence-corrected chi connectivity index (χ4v) is 2.43. The third kappa shape index (κ3) is 1.05. The van der Waals surface area contributed by atoms with Crippen molar-refractivity contribution in [3.05, 3.63) is 0 Å². The summed E-state index contributed by atoms with van der Waals surface area (Å²) in [6, 6.07) is 1.01. The molecule has 0 aliphatic carbocycles. The summed E-state index contributed by atoms with van der Waals surface area (Å²) in [4.78, 5) is 6.80. The van der Waals surface area contributed by atoms with E-state index in [4.69, 9.17) is 0 Å². The van der Waals surface area contributed by atoms with E-state index < -0.39 is 0 Å². The summed E-state index contributed by atoms with van der Waals surface area (Å²) >= 11 is 0. The van der Waals surface area contributed by atoms with Crippen LogP contribution in [-0.2, 0) is 0 Å². The number of aliphatic imine (C=N–C) groups is 1. The first kappa shape index (κ1) is 7.38. The van der Waals surface area contributed by atoms with E-state index in [0.717, 1.165) is 19.5 Å². The van der Waals surface area contributed by atoms with Crippen molar-refractivity contribution in [3.63, 3.8) is 0 Å². The third-order valence-electron chi connectivity index (χ3n) is 3.07. The van der Waals surface area contributed by atoms with Gasteiger partial charge in [0.1, 0.15) is 0 Å². The maximum absolute atomic E-state index is 4.32. The van der Waals surface area contributed by atoms with Crippen molar-refractivity contribution in [2.45, 2.75) is 18.5 Å². The zero-order chi connectivity index (χ0) is 8.67. The zero-order valence-corrected chi connectivity index (χ0v) is 7.37. The fraction of sp³-hybridized carbons (Fsp3) is 0.667. The summed E-state index contributed by atoms with van der Waals surface area (Å²) in [6.07, 6.45) is 7.20. The summed E-state index contributed by atoms with van der Waals surface area (Å²) < 4.78 is 0. The Labute approximate surface area is 77.1 Å². The molecule has 3 aliphatic heterocycles. The van der Waals surface area contributed by atoms with Crippen LogP contribution in [-0.4, -0.2) is 48.7 Å². The van der Waals surface area contributed by atoms with Crippen molar-refractivity contribution >= 4 is 18.6 Å². The van der Waals surface area contributed by atoms with Gasteiger partial charge in [0.05, 0.1) is 12.6 Å². The van der Waals surface area contributed by atoms with E-state index in [-0.39, 0.29) is 0 Å². The van der Waals surface area contributed by atoms with E-state index >= 15 is 0 Å². The summed E-state index contributed by atoms with van der Waals surface area (Å²) in [5.41, 5.74) is 0. The summed E-state index contributed by atoms with van der Waals surface area (Å²) in [6.45, 7) is 2.01. The number of hydrogen-bond donors (Lipinski definition) is 0. The molecular formula is C9H12N4. The molecule has 0 aromatic heterocycles. The first-order valence-electron chi connectivity index (χ1n) is 4.77. The summed E-state index contributed by atoms with van der Waals surface area (Å²) in [5, 5.41) is 7.92. The number of fused-ring (bicyclic) bond motifs is 3. The molecule has 13 heavy (non-hydrogen) atoms. The van der Waals surface area contributed by atoms with Crippen molar-refractivity contribution in [3.8, 4) is 0 Å². The lowest BCUT2D eigenvalue weighted by atomic mass is 10.0. The van der Waals surface area contributed by atoms with Gasteiger partial charge < -0.3 is 0 Å². The predicted octanol–water partition coefficient (Wildman–Crippen LogP) is 0.200. The Balaban J connectivity index is 1.91. The molecule has 3 rings (SSSR count). The second-order valence-corrected chi connectivity index (χ2v) is 3.78. The Morgan fingerprint density at radius 3 is 3.08 bits per heavy atom. The molecule has 0 aromatic rings. The average Bonchev–Trinajstić information content (AvgIpc) is 2.56. The van der Waals surface area contributed by atoms with E-state index in [9.17, 15) is 0 Å². The van der Waals surface area contributed by atoms with Gasteiger partial charge in [0, 0.05) is 37.1 Å². The molecule has 3 unspecified atom stereocenters. The minimum absolute atomic E-state index is 0.481. The monoisotopic (exact) mass is 176 g/mol. The van der Waals surface area contributed by atoms with Crippen LogP contribution in [0.3, 0.4) is 0 Å². The topological polar surface area (TPSA) is 40.3 Å². The van der Waals surface area contributed by atoms with E-state index in [1.165, 1.54) is 0 Å². The molecular weight excluding hydrogens is 164 g/mol. The first-order chi connectivity index (χ1) is 6.45. The van der Waals surface area contributed by atoms with Gasteiger partial charge in [-0.3, -0.25) is 9.89 Å². The second kappa shape index (κ2) is 2.73. The van der Waals surface area contributed by atoms with Crippen LogP contribution in [0.5, 0.6) is 0 Å². The van der Waals surface area contributed by atoms with Gasteiger partial charge in [0.2, 0.25) is 0 Å². The lowest BCUT2D eigenvalue weighted by Gasteiger charge is -2.28. The van der Waals surface area contributed by atoms with Gasteiger partial charge in [0.25, 0.3) is 0 Å². The largest absolute Gasteiger partial charge is 0.295 e. The number of rotatable bonds is 0. The quantitative estimate of drug-likeness (QED) is 0.519. The van der Waals surface area contributed by atoms with Crippen molar-refractivity contribution in [1.82, 2.24) is 4.90 Å². The molecule has 0 N–H and O–H groups in total. The Morgan fingerprint density at radius 2 is 2.08 bits per heavy atom. The molecule has 1 fully saturated rings. The lowest BCUT2D eigenvalue weighted by molar-refractivity contribution is 0.269. The maximum Gasteiger partial charge on any atom is 0.0555 e. The Kier molecular flexibility index (Phi) is 1.55. The zero-order valence-electron chi connectivity index (χ0n) is 7.37. The molecule has 0 aromatic carbocycles. The minimum Gasteiger partial charge on any atom is -0.295 e. The molecule has 0 amide bonds. The van der Waals surface area contributed by atoms with Gasteiger partial charge >= 0.3 is 0 Å². The van der Waals surface area contributed by atoms with Gasteiger partial charge in [0.15, 0.2) is 0 Å². The van der Waals surface area contributed by atoms with E-state index in [0.29, 0.717) is 18.0 Å². The standard InChI is InChI=1S/C9H12N4/c1-2-13-8(5-10-1)3-7-4-11-12-6-9(7)13/h4-9H,1-3H2. The van der Waals surface area contributed by atoms with Crippen molar-refractivity contribution in [2.75, 3.05) is 13.1 Å². The van der Waals surface area contributed by atoms with Crippen LogP contribution in [0.15, 0.2) is 15.2 Å². The molecule has 0 spiro atoms. The smallest absolute Gasteiger partial charge is 0.0555 e. The lowest BCUT2D eigenvalue weighted by Crippen LogP contribution is -2.43. The SMILES string of the molecule is C1=NCCN2C1CC1C=NN=CC12. The molecule has 68 valence electrons. The van der Waals surface area contributed by atoms with Gasteiger partial charge in [-0.2, -0.15) is 10.2 Å². The highest BCUT2D eigenvalue weighted by molar-refractivity contribution is 5.81. The molecule has 3 aliphatic rings. The number of hydrogen-bond acceptors (Lipinski definition) is 4. The van der Waals surface area contributed by atoms with Crippen LogP contribution in [0.2, 0.25) is 0 Å². The molecule has 0 radical (unpaired) electrons. The van der Waals surface area contributed by atoms with Crippen molar-refractivity contribution < 1.29 is 0 Å². The summed E-state index contributed by atoms with van der Waals surface area (Å²) in [7, 11) is 0. The number of nitrogens with zero attached hydrogens (tertiary/aromatic N) is 4. The minimum atomic E-state index is 0.481. The Bertz CT molecular complexity index is 294. The molecule has 3 atom stereocenters. The summed E-state index contributed by atoms with van der Waals surface area (Å²) in [5.74, 6) is 0.562. The van der Waals surface area contributed by atoms with Crippen molar-refractivity contribution in [1.29, 1.82) is 0 Å². The van der Waals surface area contributed by atoms with Crippen LogP contribution in [0.1, 0.15) is 6.42 Å². The second-order valence-electron chi connectivity index (χ2n) is 3.78. The van der Waals surface area contributed by atoms with E-state index in [1.54, 1.807) is 0 Å². The maximum atomic E-state index is 4.32. The van der Waals surface area contributed by atoms with Gasteiger partial charge in [-0.05, 0) is 6.42 Å². The van der Waals surface area contributed by atoms with Crippen LogP contribution in [0.25, 0.3) is 0 Å².